The molecule has 8 heteroatoms. The van der Waals surface area contributed by atoms with E-state index in [0.29, 0.717) is 30.1 Å². The standard InChI is InChI=1S/C34H27N3O4S/c1-20-30-31(21-9-7-12-24(17-21)41-23-10-3-2-4-11-23)32-26(18-22(19-28(32)38)29-15-8-16-42-29)35-33(30)37(36-20)27-14-6-5-13-25(27)34(39)40/h2-17,22,31,35H,18-19H2,1H3,(H,39,40)/t22-,31-/m1/s1. The number of para-hydroxylation sites is 2. The summed E-state index contributed by atoms with van der Waals surface area (Å²) in [4.78, 5) is 27.3. The first kappa shape index (κ1) is 26.0. The molecule has 0 amide bonds. The minimum Gasteiger partial charge on any atom is -0.478 e. The Labute approximate surface area is 246 Å². The van der Waals surface area contributed by atoms with Crippen LogP contribution in [-0.4, -0.2) is 26.6 Å². The number of carbonyl (C=O) groups excluding carboxylic acids is 1. The van der Waals surface area contributed by atoms with Crippen LogP contribution in [0.15, 0.2) is 108 Å². The third-order valence-corrected chi connectivity index (χ3v) is 8.97. The van der Waals surface area contributed by atoms with Crippen LogP contribution in [-0.2, 0) is 4.79 Å². The summed E-state index contributed by atoms with van der Waals surface area (Å²) in [6, 6.07) is 28.4. The number of nitrogens with one attached hydrogen (secondary N) is 1. The smallest absolute Gasteiger partial charge is 0.337 e. The Morgan fingerprint density at radius 3 is 2.55 bits per heavy atom. The molecular formula is C34H27N3O4S. The van der Waals surface area contributed by atoms with E-state index in [1.165, 1.54) is 4.88 Å². The second-order valence-corrected chi connectivity index (χ2v) is 11.5. The number of Topliss-reactive ketones (excluding diaryl/α,β-unsaturated/α-hetero) is 1. The van der Waals surface area contributed by atoms with Gasteiger partial charge in [-0.1, -0.05) is 48.5 Å². The van der Waals surface area contributed by atoms with E-state index in [9.17, 15) is 14.7 Å². The van der Waals surface area contributed by atoms with Gasteiger partial charge in [-0.05, 0) is 66.8 Å². The molecule has 1 aliphatic carbocycles. The number of thiophene rings is 1. The molecule has 0 saturated carbocycles. The number of benzene rings is 3. The van der Waals surface area contributed by atoms with Crippen LogP contribution in [0.5, 0.6) is 11.5 Å². The van der Waals surface area contributed by atoms with Gasteiger partial charge < -0.3 is 15.2 Å². The maximum Gasteiger partial charge on any atom is 0.337 e. The molecule has 3 aromatic carbocycles. The van der Waals surface area contributed by atoms with Crippen molar-refractivity contribution in [3.8, 4) is 17.2 Å². The summed E-state index contributed by atoms with van der Waals surface area (Å²) in [5.41, 5.74) is 4.69. The molecule has 0 unspecified atom stereocenters. The predicted molar refractivity (Wildman–Crippen MR) is 162 cm³/mol. The fraction of sp³-hybridized carbons (Fsp3) is 0.147. The van der Waals surface area contributed by atoms with E-state index in [2.05, 4.69) is 11.4 Å². The fourth-order valence-corrected chi connectivity index (χ4v) is 6.96. The lowest BCUT2D eigenvalue weighted by atomic mass is 9.73. The molecule has 0 fully saturated rings. The van der Waals surface area contributed by atoms with Gasteiger partial charge in [0.1, 0.15) is 17.3 Å². The number of ketones is 1. The Hall–Kier alpha value is -4.95. The molecule has 5 aromatic rings. The third-order valence-electron chi connectivity index (χ3n) is 7.94. The number of allylic oxidation sites excluding steroid dienone is 2. The summed E-state index contributed by atoms with van der Waals surface area (Å²) in [7, 11) is 0. The van der Waals surface area contributed by atoms with Crippen molar-refractivity contribution >= 4 is 28.9 Å². The Morgan fingerprint density at radius 2 is 1.76 bits per heavy atom. The number of aromatic carboxylic acids is 1. The van der Waals surface area contributed by atoms with Crippen molar-refractivity contribution in [1.82, 2.24) is 9.78 Å². The molecule has 7 nitrogen and oxygen atoms in total. The van der Waals surface area contributed by atoms with Gasteiger partial charge in [0.15, 0.2) is 5.78 Å². The minimum atomic E-state index is -1.03. The predicted octanol–water partition coefficient (Wildman–Crippen LogP) is 7.69. The Kier molecular flexibility index (Phi) is 6.47. The summed E-state index contributed by atoms with van der Waals surface area (Å²) in [5, 5.41) is 20.4. The first-order valence-electron chi connectivity index (χ1n) is 13.8. The van der Waals surface area contributed by atoms with Gasteiger partial charge in [0, 0.05) is 40.0 Å². The largest absolute Gasteiger partial charge is 0.478 e. The van der Waals surface area contributed by atoms with Gasteiger partial charge >= 0.3 is 5.97 Å². The van der Waals surface area contributed by atoms with Crippen LogP contribution in [0.1, 0.15) is 56.7 Å². The lowest BCUT2D eigenvalue weighted by Gasteiger charge is -2.35. The summed E-state index contributed by atoms with van der Waals surface area (Å²) in [6.45, 7) is 1.91. The van der Waals surface area contributed by atoms with Crippen molar-refractivity contribution in [1.29, 1.82) is 0 Å². The Bertz CT molecular complexity index is 1860. The van der Waals surface area contributed by atoms with Crippen molar-refractivity contribution in [2.75, 3.05) is 5.32 Å². The highest BCUT2D eigenvalue weighted by Gasteiger charge is 2.41. The number of aryl methyl sites for hydroxylation is 1. The molecule has 42 heavy (non-hydrogen) atoms. The number of ether oxygens (including phenoxy) is 1. The second kappa shape index (κ2) is 10.5. The third kappa shape index (κ3) is 4.50. The number of fused-ring (bicyclic) bond motifs is 1. The minimum absolute atomic E-state index is 0.0717. The molecule has 2 aromatic heterocycles. The molecule has 2 atom stereocenters. The second-order valence-electron chi connectivity index (χ2n) is 10.6. The number of hydrogen-bond acceptors (Lipinski definition) is 6. The van der Waals surface area contributed by atoms with Gasteiger partial charge in [-0.25, -0.2) is 9.48 Å². The van der Waals surface area contributed by atoms with Crippen molar-refractivity contribution in [2.45, 2.75) is 31.6 Å². The molecule has 7 rings (SSSR count). The number of carbonyl (C=O) groups is 2. The highest BCUT2D eigenvalue weighted by Crippen LogP contribution is 2.50. The molecule has 208 valence electrons. The van der Waals surface area contributed by atoms with Gasteiger partial charge in [0.2, 0.25) is 0 Å². The van der Waals surface area contributed by atoms with Crippen molar-refractivity contribution < 1.29 is 19.4 Å². The van der Waals surface area contributed by atoms with E-state index < -0.39 is 11.9 Å². The van der Waals surface area contributed by atoms with Gasteiger partial charge in [0.05, 0.1) is 16.9 Å². The van der Waals surface area contributed by atoms with Crippen LogP contribution in [0.3, 0.4) is 0 Å². The number of carboxylic acid groups (broad SMARTS) is 1. The van der Waals surface area contributed by atoms with Crippen LogP contribution in [0.2, 0.25) is 0 Å². The first-order chi connectivity index (χ1) is 20.5. The van der Waals surface area contributed by atoms with Gasteiger partial charge in [0.25, 0.3) is 0 Å². The summed E-state index contributed by atoms with van der Waals surface area (Å²) >= 11 is 1.66. The van der Waals surface area contributed by atoms with Crippen LogP contribution < -0.4 is 10.1 Å². The number of anilines is 1. The number of aromatic nitrogens is 2. The van der Waals surface area contributed by atoms with Crippen LogP contribution >= 0.6 is 11.3 Å². The summed E-state index contributed by atoms with van der Waals surface area (Å²) in [6.07, 6.45) is 1.10. The first-order valence-corrected chi connectivity index (χ1v) is 14.7. The zero-order valence-electron chi connectivity index (χ0n) is 22.8. The zero-order valence-corrected chi connectivity index (χ0v) is 23.6. The topological polar surface area (TPSA) is 93.5 Å². The Morgan fingerprint density at radius 1 is 0.976 bits per heavy atom. The van der Waals surface area contributed by atoms with Gasteiger partial charge in [-0.2, -0.15) is 5.10 Å². The van der Waals surface area contributed by atoms with E-state index in [1.807, 2.05) is 73.0 Å². The zero-order chi connectivity index (χ0) is 28.8. The van der Waals surface area contributed by atoms with E-state index in [4.69, 9.17) is 9.84 Å². The highest BCUT2D eigenvalue weighted by atomic mass is 32.1. The number of nitrogens with zero attached hydrogens (tertiary/aromatic N) is 2. The highest BCUT2D eigenvalue weighted by molar-refractivity contribution is 7.10. The molecular weight excluding hydrogens is 546 g/mol. The maximum absolute atomic E-state index is 14.0. The lowest BCUT2D eigenvalue weighted by molar-refractivity contribution is -0.116. The van der Waals surface area contributed by atoms with E-state index in [1.54, 1.807) is 40.3 Å². The average molecular weight is 574 g/mol. The van der Waals surface area contributed by atoms with Crippen molar-refractivity contribution in [2.24, 2.45) is 0 Å². The summed E-state index contributed by atoms with van der Waals surface area (Å²) < 4.78 is 7.85. The van der Waals surface area contributed by atoms with E-state index >= 15 is 0 Å². The fourth-order valence-electron chi connectivity index (χ4n) is 6.13. The molecule has 3 heterocycles. The molecule has 0 saturated heterocycles. The number of hydrogen-bond donors (Lipinski definition) is 2. The van der Waals surface area contributed by atoms with Crippen LogP contribution in [0.25, 0.3) is 5.69 Å². The van der Waals surface area contributed by atoms with Crippen molar-refractivity contribution in [3.63, 3.8) is 0 Å². The summed E-state index contributed by atoms with van der Waals surface area (Å²) in [5.74, 6) is 0.824. The monoisotopic (exact) mass is 573 g/mol. The lowest BCUT2D eigenvalue weighted by Crippen LogP contribution is -2.30. The quantitative estimate of drug-likeness (QED) is 0.216. The van der Waals surface area contributed by atoms with E-state index in [0.717, 1.165) is 33.8 Å². The van der Waals surface area contributed by atoms with Gasteiger partial charge in [-0.3, -0.25) is 4.79 Å². The van der Waals surface area contributed by atoms with Crippen LogP contribution in [0, 0.1) is 6.92 Å². The number of rotatable bonds is 6. The normalized spacial score (nSPS) is 17.8. The maximum atomic E-state index is 14.0. The molecule has 1 aliphatic heterocycles. The van der Waals surface area contributed by atoms with Crippen molar-refractivity contribution in [3.05, 3.63) is 135 Å². The van der Waals surface area contributed by atoms with E-state index in [-0.39, 0.29) is 17.3 Å². The SMILES string of the molecule is Cc1nn(-c2ccccc2C(=O)O)c2c1[C@@H](c1cccc(Oc3ccccc3)c1)C1=C(C[C@@H](c3cccs3)CC1=O)N2. The molecule has 0 spiro atoms. The molecule has 0 radical (unpaired) electrons. The van der Waals surface area contributed by atoms with Crippen LogP contribution in [0.4, 0.5) is 5.82 Å². The molecule has 2 aliphatic rings. The molecule has 2 N–H and O–H groups in total. The Balaban J connectivity index is 1.40. The van der Waals surface area contributed by atoms with Gasteiger partial charge in [-0.15, -0.1) is 11.3 Å². The average Bonchev–Trinajstić information content (AvgIpc) is 3.65. The number of carboxylic acids is 1. The molecule has 0 bridgehead atoms.